The van der Waals surface area contributed by atoms with Crippen molar-refractivity contribution >= 4 is 23.7 Å². The number of hydrogen-bond donors (Lipinski definition) is 1. The van der Waals surface area contributed by atoms with Crippen molar-refractivity contribution in [3.63, 3.8) is 0 Å². The van der Waals surface area contributed by atoms with Crippen LogP contribution in [0, 0.1) is 10.1 Å². The zero-order valence-electron chi connectivity index (χ0n) is 18.8. The molecule has 1 saturated heterocycles. The normalized spacial score (nSPS) is 13.4. The number of methoxy groups -OCH3 is 1. The molecule has 2 amide bonds. The van der Waals surface area contributed by atoms with E-state index < -0.39 is 10.8 Å². The Kier molecular flexibility index (Phi) is 8.78. The first-order valence-corrected chi connectivity index (χ1v) is 10.7. The van der Waals surface area contributed by atoms with Crippen LogP contribution in [-0.2, 0) is 9.59 Å². The van der Waals surface area contributed by atoms with Crippen LogP contribution in [0.5, 0.6) is 17.2 Å². The van der Waals surface area contributed by atoms with Gasteiger partial charge in [0.05, 0.1) is 18.2 Å². The van der Waals surface area contributed by atoms with Crippen molar-refractivity contribution in [1.82, 2.24) is 10.3 Å². The van der Waals surface area contributed by atoms with Crippen LogP contribution in [0.3, 0.4) is 0 Å². The van der Waals surface area contributed by atoms with Gasteiger partial charge in [-0.25, -0.2) is 5.43 Å². The van der Waals surface area contributed by atoms with Crippen LogP contribution >= 0.6 is 0 Å². The van der Waals surface area contributed by atoms with Gasteiger partial charge in [-0.3, -0.25) is 19.7 Å². The topological polar surface area (TPSA) is 133 Å². The number of rotatable bonds is 10. The summed E-state index contributed by atoms with van der Waals surface area (Å²) in [5.74, 6) is 0.640. The molecular weight excluding hydrogens is 444 g/mol. The Morgan fingerprint density at radius 2 is 1.79 bits per heavy atom. The quantitative estimate of drug-likeness (QED) is 0.320. The monoisotopic (exact) mass is 470 g/mol. The molecule has 0 atom stereocenters. The maximum absolute atomic E-state index is 12.3. The number of nitro benzene ring substituents is 1. The van der Waals surface area contributed by atoms with Crippen molar-refractivity contribution < 1.29 is 28.7 Å². The lowest BCUT2D eigenvalue weighted by Gasteiger charge is -2.26. The Balaban J connectivity index is 1.46. The molecule has 1 N–H and O–H groups in total. The summed E-state index contributed by atoms with van der Waals surface area (Å²) in [7, 11) is 1.49. The maximum atomic E-state index is 12.3. The van der Waals surface area contributed by atoms with E-state index in [4.69, 9.17) is 14.2 Å². The van der Waals surface area contributed by atoms with E-state index in [1.807, 2.05) is 4.90 Å². The Labute approximate surface area is 196 Å². The van der Waals surface area contributed by atoms with Gasteiger partial charge in [-0.2, -0.15) is 5.10 Å². The molecule has 11 nitrogen and oxygen atoms in total. The smallest absolute Gasteiger partial charge is 0.277 e. The summed E-state index contributed by atoms with van der Waals surface area (Å²) >= 11 is 0. The predicted octanol–water partition coefficient (Wildman–Crippen LogP) is 2.52. The second-order valence-corrected chi connectivity index (χ2v) is 7.47. The summed E-state index contributed by atoms with van der Waals surface area (Å²) in [6, 6.07) is 10.4. The Bertz CT molecular complexity index is 1030. The fraction of sp³-hybridized carbons (Fsp3) is 0.348. The number of nitrogens with one attached hydrogen (secondary N) is 1. The molecule has 2 aromatic carbocycles. The van der Waals surface area contributed by atoms with E-state index in [-0.39, 0.29) is 24.8 Å². The summed E-state index contributed by atoms with van der Waals surface area (Å²) in [5, 5.41) is 14.5. The lowest BCUT2D eigenvalue weighted by Crippen LogP contribution is -2.38. The Morgan fingerprint density at radius 3 is 2.47 bits per heavy atom. The summed E-state index contributed by atoms with van der Waals surface area (Å²) in [5.41, 5.74) is 2.91. The first kappa shape index (κ1) is 24.5. The highest BCUT2D eigenvalue weighted by atomic mass is 16.6. The van der Waals surface area contributed by atoms with E-state index in [1.54, 1.807) is 18.2 Å². The van der Waals surface area contributed by atoms with E-state index in [1.165, 1.54) is 37.6 Å². The number of carbonyl (C=O) groups is 2. The van der Waals surface area contributed by atoms with Crippen LogP contribution in [0.2, 0.25) is 0 Å². The summed E-state index contributed by atoms with van der Waals surface area (Å²) in [6.45, 7) is 1.16. The van der Waals surface area contributed by atoms with Crippen molar-refractivity contribution in [3.8, 4) is 17.2 Å². The van der Waals surface area contributed by atoms with Gasteiger partial charge < -0.3 is 19.1 Å². The first-order chi connectivity index (χ1) is 16.5. The number of nitrogens with zero attached hydrogens (tertiary/aromatic N) is 3. The molecule has 0 saturated carbocycles. The van der Waals surface area contributed by atoms with Crippen LogP contribution in [0.25, 0.3) is 0 Å². The SMILES string of the molecule is COc1cc(C=NNC(=O)COc2ccc([N+](=O)[O-])cc2)ccc1OCC(=O)N1CCCCC1. The molecule has 34 heavy (non-hydrogen) atoms. The zero-order chi connectivity index (χ0) is 24.3. The second kappa shape index (κ2) is 12.2. The van der Waals surface area contributed by atoms with Gasteiger partial charge in [0.1, 0.15) is 5.75 Å². The number of hydrogen-bond acceptors (Lipinski definition) is 8. The third-order valence-electron chi connectivity index (χ3n) is 5.07. The molecule has 0 aliphatic carbocycles. The number of benzene rings is 2. The lowest BCUT2D eigenvalue weighted by atomic mass is 10.1. The first-order valence-electron chi connectivity index (χ1n) is 10.7. The maximum Gasteiger partial charge on any atom is 0.277 e. The highest BCUT2D eigenvalue weighted by Crippen LogP contribution is 2.27. The van der Waals surface area contributed by atoms with E-state index in [2.05, 4.69) is 10.5 Å². The third-order valence-corrected chi connectivity index (χ3v) is 5.07. The zero-order valence-corrected chi connectivity index (χ0v) is 18.8. The molecule has 0 spiro atoms. The highest BCUT2D eigenvalue weighted by molar-refractivity contribution is 5.84. The van der Waals surface area contributed by atoms with E-state index in [9.17, 15) is 19.7 Å². The molecule has 11 heteroatoms. The third kappa shape index (κ3) is 7.19. The van der Waals surface area contributed by atoms with Gasteiger partial charge in [-0.05, 0) is 55.2 Å². The van der Waals surface area contributed by atoms with Gasteiger partial charge in [-0.1, -0.05) is 0 Å². The van der Waals surface area contributed by atoms with Crippen LogP contribution in [0.1, 0.15) is 24.8 Å². The molecule has 0 aromatic heterocycles. The largest absolute Gasteiger partial charge is 0.493 e. The number of hydrazone groups is 1. The molecule has 1 aliphatic heterocycles. The molecular formula is C23H26N4O7. The minimum absolute atomic E-state index is 0.0500. The number of amides is 2. The second-order valence-electron chi connectivity index (χ2n) is 7.47. The van der Waals surface area contributed by atoms with Gasteiger partial charge in [0.25, 0.3) is 17.5 Å². The van der Waals surface area contributed by atoms with Crippen molar-refractivity contribution in [2.24, 2.45) is 5.10 Å². The number of non-ortho nitro benzene ring substituents is 1. The molecule has 1 aliphatic rings. The van der Waals surface area contributed by atoms with Crippen molar-refractivity contribution in [3.05, 3.63) is 58.1 Å². The number of nitro groups is 1. The molecule has 0 radical (unpaired) electrons. The van der Waals surface area contributed by atoms with Gasteiger partial charge in [0.15, 0.2) is 24.7 Å². The van der Waals surface area contributed by atoms with Crippen molar-refractivity contribution in [2.75, 3.05) is 33.4 Å². The Morgan fingerprint density at radius 1 is 1.06 bits per heavy atom. The van der Waals surface area contributed by atoms with E-state index >= 15 is 0 Å². The van der Waals surface area contributed by atoms with Gasteiger partial charge in [-0.15, -0.1) is 0 Å². The van der Waals surface area contributed by atoms with E-state index in [0.717, 1.165) is 32.4 Å². The predicted molar refractivity (Wildman–Crippen MR) is 123 cm³/mol. The van der Waals surface area contributed by atoms with Crippen molar-refractivity contribution in [2.45, 2.75) is 19.3 Å². The summed E-state index contributed by atoms with van der Waals surface area (Å²) in [4.78, 5) is 36.1. The van der Waals surface area contributed by atoms with Crippen LogP contribution < -0.4 is 19.6 Å². The summed E-state index contributed by atoms with van der Waals surface area (Å²) in [6.07, 6.45) is 4.61. The van der Waals surface area contributed by atoms with E-state index in [0.29, 0.717) is 22.8 Å². The number of piperidine rings is 1. The van der Waals surface area contributed by atoms with Crippen LogP contribution in [0.15, 0.2) is 47.6 Å². The standard InChI is InChI=1S/C23H26N4O7/c1-32-21-13-17(5-10-20(21)34-16-23(29)26-11-3-2-4-12-26)14-24-25-22(28)15-33-19-8-6-18(7-9-19)27(30)31/h5-10,13-14H,2-4,11-12,15-16H2,1H3,(H,25,28). The summed E-state index contributed by atoms with van der Waals surface area (Å²) < 4.78 is 16.3. The molecule has 1 heterocycles. The number of carbonyl (C=O) groups excluding carboxylic acids is 2. The fourth-order valence-corrected chi connectivity index (χ4v) is 3.28. The minimum atomic E-state index is -0.520. The average Bonchev–Trinajstić information content (AvgIpc) is 2.87. The van der Waals surface area contributed by atoms with Crippen molar-refractivity contribution in [1.29, 1.82) is 0 Å². The lowest BCUT2D eigenvalue weighted by molar-refractivity contribution is -0.384. The van der Waals surface area contributed by atoms with Gasteiger partial charge >= 0.3 is 0 Å². The van der Waals surface area contributed by atoms with Crippen LogP contribution in [-0.4, -0.2) is 61.3 Å². The molecule has 2 aromatic rings. The molecule has 3 rings (SSSR count). The molecule has 0 bridgehead atoms. The molecule has 1 fully saturated rings. The Hall–Kier alpha value is -4.15. The highest BCUT2D eigenvalue weighted by Gasteiger charge is 2.17. The number of ether oxygens (including phenoxy) is 3. The number of likely N-dealkylation sites (tertiary alicyclic amines) is 1. The van der Waals surface area contributed by atoms with Gasteiger partial charge in [0.2, 0.25) is 0 Å². The fourth-order valence-electron chi connectivity index (χ4n) is 3.28. The van der Waals surface area contributed by atoms with Crippen LogP contribution in [0.4, 0.5) is 5.69 Å². The molecule has 180 valence electrons. The van der Waals surface area contributed by atoms with Gasteiger partial charge in [0, 0.05) is 25.2 Å². The minimum Gasteiger partial charge on any atom is -0.493 e. The average molecular weight is 470 g/mol. The molecule has 0 unspecified atom stereocenters.